The second-order valence-corrected chi connectivity index (χ2v) is 9.74. The fourth-order valence-corrected chi connectivity index (χ4v) is 7.02. The first-order chi connectivity index (χ1) is 9.54. The highest BCUT2D eigenvalue weighted by Gasteiger charge is 2.29. The maximum absolute atomic E-state index is 3.95. The highest BCUT2D eigenvalue weighted by molar-refractivity contribution is 9.12. The van der Waals surface area contributed by atoms with E-state index in [0.717, 1.165) is 0 Å². The Kier molecular flexibility index (Phi) is 6.33. The van der Waals surface area contributed by atoms with E-state index in [1.165, 1.54) is 25.1 Å². The molecule has 1 aromatic carbocycles. The Balaban J connectivity index is 2.39. The molecule has 0 saturated heterocycles. The SMILES string of the molecule is CCC(C)C(c1ccccc1)C(Br)c1cc(Br)sc1Br. The van der Waals surface area contributed by atoms with Crippen LogP contribution in [0, 0.1) is 5.92 Å². The number of rotatable bonds is 5. The Bertz CT molecular complexity index is 550. The fraction of sp³-hybridized carbons (Fsp3) is 0.375. The van der Waals surface area contributed by atoms with E-state index in [4.69, 9.17) is 0 Å². The van der Waals surface area contributed by atoms with E-state index in [9.17, 15) is 0 Å². The van der Waals surface area contributed by atoms with E-state index < -0.39 is 0 Å². The number of halogens is 3. The molecule has 0 saturated carbocycles. The van der Waals surface area contributed by atoms with Gasteiger partial charge in [0.25, 0.3) is 0 Å². The first-order valence-electron chi connectivity index (χ1n) is 6.68. The van der Waals surface area contributed by atoms with Crippen molar-refractivity contribution in [2.24, 2.45) is 5.92 Å². The molecule has 3 unspecified atom stereocenters. The number of alkyl halides is 1. The molecule has 108 valence electrons. The zero-order valence-corrected chi connectivity index (χ0v) is 17.0. The molecule has 20 heavy (non-hydrogen) atoms. The van der Waals surface area contributed by atoms with E-state index in [1.807, 2.05) is 0 Å². The lowest BCUT2D eigenvalue weighted by molar-refractivity contribution is 0.440. The van der Waals surface area contributed by atoms with Crippen LogP contribution in [-0.4, -0.2) is 0 Å². The molecule has 3 atom stereocenters. The number of hydrogen-bond donors (Lipinski definition) is 0. The van der Waals surface area contributed by atoms with Gasteiger partial charge in [-0.1, -0.05) is 66.5 Å². The van der Waals surface area contributed by atoms with Crippen LogP contribution in [0.4, 0.5) is 0 Å². The molecule has 0 fully saturated rings. The first-order valence-corrected chi connectivity index (χ1v) is 10.00. The molecule has 0 radical (unpaired) electrons. The summed E-state index contributed by atoms with van der Waals surface area (Å²) in [5.74, 6) is 1.09. The minimum absolute atomic E-state index is 0.316. The van der Waals surface area contributed by atoms with Gasteiger partial charge in [0, 0.05) is 10.7 Å². The third kappa shape index (κ3) is 3.76. The van der Waals surface area contributed by atoms with E-state index in [-0.39, 0.29) is 0 Å². The lowest BCUT2D eigenvalue weighted by Crippen LogP contribution is -2.14. The molecule has 1 aromatic heterocycles. The minimum atomic E-state index is 0.316. The fourth-order valence-electron chi connectivity index (χ4n) is 2.45. The lowest BCUT2D eigenvalue weighted by Gasteiger charge is -2.28. The highest BCUT2D eigenvalue weighted by Crippen LogP contribution is 2.48. The van der Waals surface area contributed by atoms with E-state index in [2.05, 4.69) is 98.0 Å². The van der Waals surface area contributed by atoms with Gasteiger partial charge in [-0.05, 0) is 55.0 Å². The highest BCUT2D eigenvalue weighted by atomic mass is 79.9. The summed E-state index contributed by atoms with van der Waals surface area (Å²) < 4.78 is 2.37. The van der Waals surface area contributed by atoms with Crippen LogP contribution < -0.4 is 0 Å². The Morgan fingerprint density at radius 3 is 2.30 bits per heavy atom. The summed E-state index contributed by atoms with van der Waals surface area (Å²) in [6.07, 6.45) is 1.17. The molecular formula is C16H17Br3S. The predicted molar refractivity (Wildman–Crippen MR) is 100 cm³/mol. The van der Waals surface area contributed by atoms with Crippen molar-refractivity contribution in [3.8, 4) is 0 Å². The van der Waals surface area contributed by atoms with Gasteiger partial charge in [0.2, 0.25) is 0 Å². The van der Waals surface area contributed by atoms with Crippen LogP contribution in [0.5, 0.6) is 0 Å². The van der Waals surface area contributed by atoms with E-state index >= 15 is 0 Å². The van der Waals surface area contributed by atoms with Gasteiger partial charge >= 0.3 is 0 Å². The third-order valence-corrected chi connectivity index (χ3v) is 7.19. The molecular weight excluding hydrogens is 464 g/mol. The van der Waals surface area contributed by atoms with Crippen LogP contribution in [0.1, 0.15) is 42.1 Å². The average Bonchev–Trinajstić information content (AvgIpc) is 2.79. The number of benzene rings is 1. The second-order valence-electron chi connectivity index (χ2n) is 5.00. The molecule has 2 aromatic rings. The van der Waals surface area contributed by atoms with Crippen molar-refractivity contribution in [2.75, 3.05) is 0 Å². The van der Waals surface area contributed by atoms with Gasteiger partial charge < -0.3 is 0 Å². The largest absolute Gasteiger partial charge is 0.121 e. The topological polar surface area (TPSA) is 0 Å². The smallest absolute Gasteiger partial charge is 0.0754 e. The van der Waals surface area contributed by atoms with Crippen LogP contribution in [0.3, 0.4) is 0 Å². The number of thiophene rings is 1. The van der Waals surface area contributed by atoms with E-state index in [1.54, 1.807) is 11.3 Å². The van der Waals surface area contributed by atoms with Gasteiger partial charge in [-0.3, -0.25) is 0 Å². The summed E-state index contributed by atoms with van der Waals surface area (Å²) in [5.41, 5.74) is 2.73. The molecule has 0 aliphatic heterocycles. The van der Waals surface area contributed by atoms with Gasteiger partial charge in [-0.2, -0.15) is 0 Å². The summed E-state index contributed by atoms with van der Waals surface area (Å²) in [6.45, 7) is 4.60. The van der Waals surface area contributed by atoms with Crippen molar-refractivity contribution in [1.82, 2.24) is 0 Å². The maximum Gasteiger partial charge on any atom is 0.0754 e. The third-order valence-electron chi connectivity index (χ3n) is 3.74. The van der Waals surface area contributed by atoms with Gasteiger partial charge in [0.05, 0.1) is 7.57 Å². The Labute approximate surface area is 150 Å². The van der Waals surface area contributed by atoms with Crippen LogP contribution in [0.15, 0.2) is 44.0 Å². The number of hydrogen-bond acceptors (Lipinski definition) is 1. The van der Waals surface area contributed by atoms with Crippen LogP contribution >= 0.6 is 59.1 Å². The quantitative estimate of drug-likeness (QED) is 0.388. The van der Waals surface area contributed by atoms with Crippen molar-refractivity contribution in [3.05, 3.63) is 55.1 Å². The summed E-state index contributed by atoms with van der Waals surface area (Å²) in [5, 5.41) is 0. The summed E-state index contributed by atoms with van der Waals surface area (Å²) >= 11 is 12.9. The molecule has 0 aliphatic carbocycles. The molecule has 0 spiro atoms. The van der Waals surface area contributed by atoms with Crippen LogP contribution in [0.25, 0.3) is 0 Å². The first kappa shape index (κ1) is 16.7. The maximum atomic E-state index is 3.95. The van der Waals surface area contributed by atoms with Gasteiger partial charge in [-0.25, -0.2) is 0 Å². The molecule has 2 rings (SSSR count). The molecule has 0 N–H and O–H groups in total. The van der Waals surface area contributed by atoms with Crippen molar-refractivity contribution in [1.29, 1.82) is 0 Å². The summed E-state index contributed by atoms with van der Waals surface area (Å²) in [6, 6.07) is 13.0. The predicted octanol–water partition coefficient (Wildman–Crippen LogP) is 7.54. The summed E-state index contributed by atoms with van der Waals surface area (Å²) in [4.78, 5) is 0.316. The Morgan fingerprint density at radius 2 is 1.80 bits per heavy atom. The van der Waals surface area contributed by atoms with Crippen molar-refractivity contribution in [2.45, 2.75) is 31.0 Å². The molecule has 0 aliphatic rings. The Morgan fingerprint density at radius 1 is 1.15 bits per heavy atom. The van der Waals surface area contributed by atoms with Gasteiger partial charge in [-0.15, -0.1) is 11.3 Å². The van der Waals surface area contributed by atoms with Crippen molar-refractivity contribution >= 4 is 59.1 Å². The van der Waals surface area contributed by atoms with Gasteiger partial charge in [0.15, 0.2) is 0 Å². The zero-order chi connectivity index (χ0) is 14.7. The summed E-state index contributed by atoms with van der Waals surface area (Å²) in [7, 11) is 0. The van der Waals surface area contributed by atoms with Crippen molar-refractivity contribution in [3.63, 3.8) is 0 Å². The monoisotopic (exact) mass is 478 g/mol. The zero-order valence-electron chi connectivity index (χ0n) is 11.4. The molecule has 4 heteroatoms. The molecule has 1 heterocycles. The molecule has 0 bridgehead atoms. The normalized spacial score (nSPS) is 15.8. The molecule has 0 amide bonds. The van der Waals surface area contributed by atoms with Gasteiger partial charge in [0.1, 0.15) is 0 Å². The van der Waals surface area contributed by atoms with Crippen LogP contribution in [0.2, 0.25) is 0 Å². The molecule has 0 nitrogen and oxygen atoms in total. The minimum Gasteiger partial charge on any atom is -0.121 e. The Hall–Kier alpha value is 0.360. The van der Waals surface area contributed by atoms with Crippen LogP contribution in [-0.2, 0) is 0 Å². The second kappa shape index (κ2) is 7.57. The lowest BCUT2D eigenvalue weighted by atomic mass is 9.81. The average molecular weight is 481 g/mol. The van der Waals surface area contributed by atoms with Crippen molar-refractivity contribution < 1.29 is 0 Å². The van der Waals surface area contributed by atoms with E-state index in [0.29, 0.717) is 16.7 Å². The standard InChI is InChI=1S/C16H17Br3S/c1-3-10(2)14(11-7-5-4-6-8-11)15(18)12-9-13(17)20-16(12)19/h4-10,14-15H,3H2,1-2H3.